The van der Waals surface area contributed by atoms with E-state index in [2.05, 4.69) is 19.9 Å². The summed E-state index contributed by atoms with van der Waals surface area (Å²) in [6, 6.07) is 2.49. The first-order chi connectivity index (χ1) is 7.55. The van der Waals surface area contributed by atoms with E-state index in [1.807, 2.05) is 0 Å². The van der Waals surface area contributed by atoms with Gasteiger partial charge in [-0.25, -0.2) is 0 Å². The molecule has 0 heterocycles. The molecule has 2 aliphatic rings. The number of rotatable bonds is 2. The Morgan fingerprint density at radius 2 is 2.06 bits per heavy atom. The number of nitriles is 1. The molecule has 2 nitrogen and oxygen atoms in total. The first-order valence-electron chi connectivity index (χ1n) is 6.69. The summed E-state index contributed by atoms with van der Waals surface area (Å²) in [5.41, 5.74) is -1.10. The quantitative estimate of drug-likeness (QED) is 0.777. The van der Waals surface area contributed by atoms with Crippen molar-refractivity contribution in [1.29, 1.82) is 5.26 Å². The van der Waals surface area contributed by atoms with Crippen LogP contribution in [0.4, 0.5) is 0 Å². The number of hydrogen-bond acceptors (Lipinski definition) is 2. The molecule has 0 saturated heterocycles. The maximum Gasteiger partial charge on any atom is 0.0863 e. The molecule has 2 atom stereocenters. The Kier molecular flexibility index (Phi) is 3.01. The Morgan fingerprint density at radius 1 is 1.38 bits per heavy atom. The monoisotopic (exact) mass is 221 g/mol. The van der Waals surface area contributed by atoms with E-state index >= 15 is 0 Å². The minimum absolute atomic E-state index is 0.432. The SMILES string of the molecule is CCC1CCCC(C#N)(C2(O)CC(C)C2)C1. The second kappa shape index (κ2) is 4.04. The van der Waals surface area contributed by atoms with Gasteiger partial charge in [0.15, 0.2) is 0 Å². The van der Waals surface area contributed by atoms with Crippen molar-refractivity contribution in [3.05, 3.63) is 0 Å². The molecule has 2 saturated carbocycles. The van der Waals surface area contributed by atoms with Crippen LogP contribution in [0.25, 0.3) is 0 Å². The molecule has 90 valence electrons. The molecule has 0 spiro atoms. The first-order valence-corrected chi connectivity index (χ1v) is 6.69. The normalized spacial score (nSPS) is 48.1. The summed E-state index contributed by atoms with van der Waals surface area (Å²) >= 11 is 0. The lowest BCUT2D eigenvalue weighted by Gasteiger charge is -2.54. The summed E-state index contributed by atoms with van der Waals surface area (Å²) in [6.45, 7) is 4.37. The lowest BCUT2D eigenvalue weighted by molar-refractivity contribution is -0.158. The van der Waals surface area contributed by atoms with E-state index in [0.717, 1.165) is 38.5 Å². The fourth-order valence-electron chi connectivity index (χ4n) is 3.85. The molecule has 0 bridgehead atoms. The van der Waals surface area contributed by atoms with Crippen molar-refractivity contribution in [2.24, 2.45) is 17.3 Å². The van der Waals surface area contributed by atoms with E-state index in [0.29, 0.717) is 11.8 Å². The summed E-state index contributed by atoms with van der Waals surface area (Å²) in [4.78, 5) is 0. The van der Waals surface area contributed by atoms with Gasteiger partial charge in [0.05, 0.1) is 17.1 Å². The standard InChI is InChI=1S/C14H23NO/c1-3-12-5-4-6-13(9-12,10-15)14(16)7-11(2)8-14/h11-12,16H,3-9H2,1-2H3. The Bertz CT molecular complexity index is 300. The van der Waals surface area contributed by atoms with Crippen LogP contribution in [-0.2, 0) is 0 Å². The molecule has 0 radical (unpaired) electrons. The maximum atomic E-state index is 10.6. The lowest BCUT2D eigenvalue weighted by Crippen LogP contribution is -2.57. The predicted molar refractivity (Wildman–Crippen MR) is 63.6 cm³/mol. The highest BCUT2D eigenvalue weighted by molar-refractivity contribution is 5.17. The second-order valence-corrected chi connectivity index (χ2v) is 6.11. The Hall–Kier alpha value is -0.550. The largest absolute Gasteiger partial charge is 0.388 e. The van der Waals surface area contributed by atoms with E-state index in [1.54, 1.807) is 0 Å². The molecule has 2 heteroatoms. The summed E-state index contributed by atoms with van der Waals surface area (Å²) in [5.74, 6) is 1.24. The highest BCUT2D eigenvalue weighted by Crippen LogP contribution is 2.56. The Morgan fingerprint density at radius 3 is 2.56 bits per heavy atom. The summed E-state index contributed by atoms with van der Waals surface area (Å²) in [7, 11) is 0. The maximum absolute atomic E-state index is 10.6. The highest BCUT2D eigenvalue weighted by Gasteiger charge is 2.57. The van der Waals surface area contributed by atoms with Gasteiger partial charge < -0.3 is 5.11 Å². The molecule has 1 N–H and O–H groups in total. The van der Waals surface area contributed by atoms with Crippen molar-refractivity contribution in [3.8, 4) is 6.07 Å². The zero-order valence-electron chi connectivity index (χ0n) is 10.5. The third kappa shape index (κ3) is 1.66. The molecule has 0 amide bonds. The number of nitrogens with zero attached hydrogens (tertiary/aromatic N) is 1. The fraction of sp³-hybridized carbons (Fsp3) is 0.929. The molecule has 0 aliphatic heterocycles. The first kappa shape index (κ1) is 11.9. The number of aliphatic hydroxyl groups is 1. The Labute approximate surface area is 98.7 Å². The molecule has 16 heavy (non-hydrogen) atoms. The molecule has 0 aromatic rings. The third-order valence-electron chi connectivity index (χ3n) is 4.91. The smallest absolute Gasteiger partial charge is 0.0863 e. The van der Waals surface area contributed by atoms with Crippen LogP contribution in [0.5, 0.6) is 0 Å². The number of hydrogen-bond donors (Lipinski definition) is 1. The molecule has 2 unspecified atom stereocenters. The summed E-state index contributed by atoms with van der Waals surface area (Å²) in [6.07, 6.45) is 6.99. The van der Waals surface area contributed by atoms with Gasteiger partial charge in [-0.15, -0.1) is 0 Å². The molecule has 0 aromatic heterocycles. The second-order valence-electron chi connectivity index (χ2n) is 6.11. The van der Waals surface area contributed by atoms with Crippen molar-refractivity contribution < 1.29 is 5.11 Å². The van der Waals surface area contributed by atoms with Gasteiger partial charge >= 0.3 is 0 Å². The zero-order chi connectivity index (χ0) is 11.8. The van der Waals surface area contributed by atoms with Gasteiger partial charge in [-0.05, 0) is 37.5 Å². The van der Waals surface area contributed by atoms with Crippen LogP contribution in [-0.4, -0.2) is 10.7 Å². The van der Waals surface area contributed by atoms with E-state index < -0.39 is 11.0 Å². The van der Waals surface area contributed by atoms with Gasteiger partial charge in [0.25, 0.3) is 0 Å². The van der Waals surface area contributed by atoms with Crippen molar-refractivity contribution in [2.75, 3.05) is 0 Å². The average Bonchev–Trinajstić information content (AvgIpc) is 2.27. The van der Waals surface area contributed by atoms with Crippen LogP contribution in [0.2, 0.25) is 0 Å². The molecule has 0 aromatic carbocycles. The van der Waals surface area contributed by atoms with Crippen molar-refractivity contribution in [1.82, 2.24) is 0 Å². The minimum atomic E-state index is -0.672. The molecule has 2 rings (SSSR count). The topological polar surface area (TPSA) is 44.0 Å². The van der Waals surface area contributed by atoms with E-state index in [4.69, 9.17) is 0 Å². The van der Waals surface area contributed by atoms with E-state index in [-0.39, 0.29) is 0 Å². The summed E-state index contributed by atoms with van der Waals surface area (Å²) < 4.78 is 0. The summed E-state index contributed by atoms with van der Waals surface area (Å²) in [5, 5.41) is 20.2. The van der Waals surface area contributed by atoms with Crippen molar-refractivity contribution in [3.63, 3.8) is 0 Å². The van der Waals surface area contributed by atoms with Crippen LogP contribution < -0.4 is 0 Å². The lowest BCUT2D eigenvalue weighted by atomic mass is 9.52. The van der Waals surface area contributed by atoms with E-state index in [9.17, 15) is 10.4 Å². The van der Waals surface area contributed by atoms with Gasteiger partial charge in [0.1, 0.15) is 0 Å². The highest BCUT2D eigenvalue weighted by atomic mass is 16.3. The van der Waals surface area contributed by atoms with Crippen LogP contribution in [0.1, 0.15) is 58.8 Å². The minimum Gasteiger partial charge on any atom is -0.388 e. The molecule has 2 fully saturated rings. The van der Waals surface area contributed by atoms with Gasteiger partial charge in [0.2, 0.25) is 0 Å². The van der Waals surface area contributed by atoms with Crippen LogP contribution >= 0.6 is 0 Å². The van der Waals surface area contributed by atoms with Gasteiger partial charge in [-0.1, -0.05) is 33.1 Å². The van der Waals surface area contributed by atoms with Crippen molar-refractivity contribution in [2.45, 2.75) is 64.4 Å². The van der Waals surface area contributed by atoms with Crippen LogP contribution in [0.15, 0.2) is 0 Å². The molecular weight excluding hydrogens is 198 g/mol. The van der Waals surface area contributed by atoms with Crippen LogP contribution in [0, 0.1) is 28.6 Å². The Balaban J connectivity index is 2.16. The average molecular weight is 221 g/mol. The van der Waals surface area contributed by atoms with Crippen molar-refractivity contribution >= 4 is 0 Å². The van der Waals surface area contributed by atoms with Gasteiger partial charge in [-0.2, -0.15) is 5.26 Å². The van der Waals surface area contributed by atoms with Gasteiger partial charge in [-0.3, -0.25) is 0 Å². The zero-order valence-corrected chi connectivity index (χ0v) is 10.5. The fourth-order valence-corrected chi connectivity index (χ4v) is 3.85. The van der Waals surface area contributed by atoms with E-state index in [1.165, 1.54) is 6.42 Å². The predicted octanol–water partition coefficient (Wildman–Crippen LogP) is 3.26. The third-order valence-corrected chi connectivity index (χ3v) is 4.91. The molecular formula is C14H23NO. The van der Waals surface area contributed by atoms with Crippen LogP contribution in [0.3, 0.4) is 0 Å². The van der Waals surface area contributed by atoms with Gasteiger partial charge in [0, 0.05) is 0 Å². The molecule has 2 aliphatic carbocycles.